The number of hydrogen-bond acceptors (Lipinski definition) is 3. The maximum Gasteiger partial charge on any atom is 0.206 e. The van der Waals surface area contributed by atoms with Crippen molar-refractivity contribution in [3.05, 3.63) is 89.5 Å². The normalized spacial score (nSPS) is 16.8. The van der Waals surface area contributed by atoms with Crippen LogP contribution in [-0.4, -0.2) is 15.0 Å². The zero-order valence-corrected chi connectivity index (χ0v) is 18.6. The Kier molecular flexibility index (Phi) is 7.92. The summed E-state index contributed by atoms with van der Waals surface area (Å²) in [4.78, 5) is 0.648. The van der Waals surface area contributed by atoms with Crippen molar-refractivity contribution in [2.45, 2.75) is 50.3 Å². The molecule has 1 saturated carbocycles. The second-order valence-electron chi connectivity index (χ2n) is 8.10. The van der Waals surface area contributed by atoms with Crippen LogP contribution in [0.4, 0.5) is 0 Å². The monoisotopic (exact) mass is 424 g/mol. The molecule has 0 radical (unpaired) electrons. The maximum atomic E-state index is 13.6. The SMILES string of the molecule is C=CC(/C(=C\OCCc1ccccc1)S(=O)(=O)c1ccc(C)cc1)C1CCCCC1. The maximum absolute atomic E-state index is 13.6. The molecule has 4 heteroatoms. The van der Waals surface area contributed by atoms with Crippen molar-refractivity contribution in [3.8, 4) is 0 Å². The topological polar surface area (TPSA) is 43.4 Å². The van der Waals surface area contributed by atoms with Gasteiger partial charge in [-0.2, -0.15) is 0 Å². The molecule has 3 rings (SSSR count). The van der Waals surface area contributed by atoms with E-state index in [1.165, 1.54) is 18.2 Å². The molecule has 0 bridgehead atoms. The van der Waals surface area contributed by atoms with Crippen LogP contribution >= 0.6 is 0 Å². The van der Waals surface area contributed by atoms with Crippen molar-refractivity contribution < 1.29 is 13.2 Å². The summed E-state index contributed by atoms with van der Waals surface area (Å²) in [6.07, 6.45) is 9.58. The molecule has 1 aliphatic carbocycles. The van der Waals surface area contributed by atoms with Gasteiger partial charge in [-0.25, -0.2) is 8.42 Å². The van der Waals surface area contributed by atoms with E-state index in [0.29, 0.717) is 22.3 Å². The van der Waals surface area contributed by atoms with Gasteiger partial charge in [-0.15, -0.1) is 6.58 Å². The quantitative estimate of drug-likeness (QED) is 0.271. The van der Waals surface area contributed by atoms with Crippen LogP contribution < -0.4 is 0 Å². The van der Waals surface area contributed by atoms with Crippen LogP contribution in [0.3, 0.4) is 0 Å². The first kappa shape index (κ1) is 22.4. The second-order valence-corrected chi connectivity index (χ2v) is 10.1. The molecule has 1 aliphatic rings. The first-order chi connectivity index (χ1) is 14.5. The molecule has 0 aliphatic heterocycles. The zero-order chi connectivity index (χ0) is 21.4. The summed E-state index contributed by atoms with van der Waals surface area (Å²) in [5.74, 6) is 0.0637. The average molecular weight is 425 g/mol. The first-order valence-corrected chi connectivity index (χ1v) is 12.3. The van der Waals surface area contributed by atoms with Crippen LogP contribution in [0.1, 0.15) is 43.2 Å². The van der Waals surface area contributed by atoms with E-state index in [9.17, 15) is 8.42 Å². The van der Waals surface area contributed by atoms with Gasteiger partial charge >= 0.3 is 0 Å². The third kappa shape index (κ3) is 5.63. The Morgan fingerprint density at radius 1 is 1.07 bits per heavy atom. The van der Waals surface area contributed by atoms with Crippen molar-refractivity contribution in [1.29, 1.82) is 0 Å². The Balaban J connectivity index is 1.86. The van der Waals surface area contributed by atoms with Gasteiger partial charge in [0.15, 0.2) is 0 Å². The van der Waals surface area contributed by atoms with E-state index >= 15 is 0 Å². The van der Waals surface area contributed by atoms with Gasteiger partial charge in [-0.1, -0.05) is 73.4 Å². The highest BCUT2D eigenvalue weighted by Crippen LogP contribution is 2.38. The highest BCUT2D eigenvalue weighted by Gasteiger charge is 2.33. The van der Waals surface area contributed by atoms with Gasteiger partial charge < -0.3 is 4.74 Å². The molecular weight excluding hydrogens is 392 g/mol. The van der Waals surface area contributed by atoms with Crippen LogP contribution in [0.25, 0.3) is 0 Å². The molecular formula is C26H32O3S. The molecule has 1 unspecified atom stereocenters. The smallest absolute Gasteiger partial charge is 0.206 e. The molecule has 0 N–H and O–H groups in total. The summed E-state index contributed by atoms with van der Waals surface area (Å²) >= 11 is 0. The van der Waals surface area contributed by atoms with Crippen molar-refractivity contribution >= 4 is 9.84 Å². The van der Waals surface area contributed by atoms with Gasteiger partial charge in [0.05, 0.1) is 22.7 Å². The van der Waals surface area contributed by atoms with Gasteiger partial charge in [0.1, 0.15) is 0 Å². The third-order valence-corrected chi connectivity index (χ3v) is 7.81. The Labute approximate surface area is 181 Å². The summed E-state index contributed by atoms with van der Waals surface area (Å²) < 4.78 is 32.9. The number of sulfone groups is 1. The Morgan fingerprint density at radius 2 is 1.73 bits per heavy atom. The lowest BCUT2D eigenvalue weighted by Crippen LogP contribution is -2.23. The molecule has 0 heterocycles. The van der Waals surface area contributed by atoms with Crippen molar-refractivity contribution in [1.82, 2.24) is 0 Å². The fourth-order valence-electron chi connectivity index (χ4n) is 4.17. The van der Waals surface area contributed by atoms with Gasteiger partial charge in [0.2, 0.25) is 9.84 Å². The van der Waals surface area contributed by atoms with Crippen LogP contribution in [0, 0.1) is 18.8 Å². The summed E-state index contributed by atoms with van der Waals surface area (Å²) in [6, 6.07) is 17.1. The Morgan fingerprint density at radius 3 is 2.37 bits per heavy atom. The van der Waals surface area contributed by atoms with Crippen LogP contribution in [0.2, 0.25) is 0 Å². The number of aryl methyl sites for hydroxylation is 1. The number of hydrogen-bond donors (Lipinski definition) is 0. The van der Waals surface area contributed by atoms with E-state index in [1.807, 2.05) is 49.4 Å². The number of ether oxygens (including phenoxy) is 1. The Hall–Kier alpha value is -2.33. The predicted molar refractivity (Wildman–Crippen MR) is 123 cm³/mol. The van der Waals surface area contributed by atoms with E-state index in [0.717, 1.165) is 37.7 Å². The lowest BCUT2D eigenvalue weighted by molar-refractivity contribution is 0.244. The van der Waals surface area contributed by atoms with E-state index in [1.54, 1.807) is 18.2 Å². The summed E-state index contributed by atoms with van der Waals surface area (Å²) in [7, 11) is -3.66. The summed E-state index contributed by atoms with van der Waals surface area (Å²) in [6.45, 7) is 6.38. The lowest BCUT2D eigenvalue weighted by Gasteiger charge is -2.29. The molecule has 1 atom stereocenters. The van der Waals surface area contributed by atoms with E-state index in [4.69, 9.17) is 4.74 Å². The molecule has 0 amide bonds. The van der Waals surface area contributed by atoms with Gasteiger partial charge in [-0.3, -0.25) is 0 Å². The number of benzene rings is 2. The van der Waals surface area contributed by atoms with Gasteiger partial charge in [-0.05, 0) is 43.4 Å². The Bertz CT molecular complexity index is 938. The van der Waals surface area contributed by atoms with Crippen LogP contribution in [0.5, 0.6) is 0 Å². The molecule has 2 aromatic rings. The molecule has 3 nitrogen and oxygen atoms in total. The van der Waals surface area contributed by atoms with E-state index < -0.39 is 9.84 Å². The minimum atomic E-state index is -3.66. The number of allylic oxidation sites excluding steroid dienone is 2. The number of rotatable bonds is 9. The molecule has 30 heavy (non-hydrogen) atoms. The summed E-state index contributed by atoms with van der Waals surface area (Å²) in [5, 5.41) is 0. The van der Waals surface area contributed by atoms with Crippen molar-refractivity contribution in [3.63, 3.8) is 0 Å². The predicted octanol–water partition coefficient (Wildman–Crippen LogP) is 6.25. The van der Waals surface area contributed by atoms with Crippen LogP contribution in [-0.2, 0) is 21.0 Å². The van der Waals surface area contributed by atoms with Gasteiger partial charge in [0, 0.05) is 12.3 Å². The first-order valence-electron chi connectivity index (χ1n) is 10.8. The third-order valence-electron chi connectivity index (χ3n) is 5.93. The van der Waals surface area contributed by atoms with Crippen molar-refractivity contribution in [2.75, 3.05) is 6.61 Å². The van der Waals surface area contributed by atoms with E-state index in [-0.39, 0.29) is 5.92 Å². The minimum absolute atomic E-state index is 0.228. The van der Waals surface area contributed by atoms with Crippen LogP contribution in [0.15, 0.2) is 83.3 Å². The largest absolute Gasteiger partial charge is 0.500 e. The summed E-state index contributed by atoms with van der Waals surface area (Å²) in [5.41, 5.74) is 2.20. The molecule has 0 spiro atoms. The lowest BCUT2D eigenvalue weighted by atomic mass is 9.80. The standard InChI is InChI=1S/C26H32O3S/c1-3-25(23-12-8-5-9-13-23)26(20-29-19-18-22-10-6-4-7-11-22)30(27,28)24-16-14-21(2)15-17-24/h3-4,6-7,10-11,14-17,20,23,25H,1,5,8-9,12-13,18-19H2,2H3/b26-20+. The van der Waals surface area contributed by atoms with Gasteiger partial charge in [0.25, 0.3) is 0 Å². The average Bonchev–Trinajstić information content (AvgIpc) is 2.77. The van der Waals surface area contributed by atoms with E-state index in [2.05, 4.69) is 6.58 Å². The molecule has 0 aromatic heterocycles. The highest BCUT2D eigenvalue weighted by molar-refractivity contribution is 7.95. The second kappa shape index (κ2) is 10.6. The fourth-order valence-corrected chi connectivity index (χ4v) is 5.78. The fraction of sp³-hybridized carbons (Fsp3) is 0.385. The molecule has 0 saturated heterocycles. The molecule has 1 fully saturated rings. The zero-order valence-electron chi connectivity index (χ0n) is 17.8. The molecule has 160 valence electrons. The van der Waals surface area contributed by atoms with Crippen molar-refractivity contribution in [2.24, 2.45) is 11.8 Å². The molecule has 2 aromatic carbocycles. The highest BCUT2D eigenvalue weighted by atomic mass is 32.2. The minimum Gasteiger partial charge on any atom is -0.500 e.